The Morgan fingerprint density at radius 1 is 1.47 bits per heavy atom. The second kappa shape index (κ2) is 5.49. The van der Waals surface area contributed by atoms with Crippen molar-refractivity contribution in [3.63, 3.8) is 0 Å². The summed E-state index contributed by atoms with van der Waals surface area (Å²) in [5.41, 5.74) is 9.26. The molecule has 6 nitrogen and oxygen atoms in total. The smallest absolute Gasteiger partial charge is 0.283 e. The summed E-state index contributed by atoms with van der Waals surface area (Å²) in [5, 5.41) is 13.3. The maximum absolute atomic E-state index is 11.8. The molecule has 0 aliphatic rings. The topological polar surface area (TPSA) is 101 Å². The quantitative estimate of drug-likeness (QED) is 0.584. The number of nitrogen functional groups attached to an aromatic ring is 1. The molecule has 0 fully saturated rings. The molecule has 7 heteroatoms. The average Bonchev–Trinajstić information content (AvgIpc) is 2.71. The third-order valence-corrected chi connectivity index (χ3v) is 3.28. The number of aromatic nitrogens is 1. The zero-order chi connectivity index (χ0) is 13.8. The molecule has 2 rings (SSSR count). The number of phenolic OH excluding ortho intramolecular Hbond substituents is 1. The number of nitrogens with one attached hydrogen (secondary N) is 1. The lowest BCUT2D eigenvalue weighted by Gasteiger charge is -1.97. The number of aryl methyl sites for hydroxylation is 1. The van der Waals surface area contributed by atoms with Crippen molar-refractivity contribution < 1.29 is 9.90 Å². The Kier molecular flexibility index (Phi) is 3.76. The van der Waals surface area contributed by atoms with E-state index in [2.05, 4.69) is 15.5 Å². The number of nitrogens with zero attached hydrogens (tertiary/aromatic N) is 2. The van der Waals surface area contributed by atoms with Gasteiger partial charge in [0.05, 0.1) is 11.9 Å². The third-order valence-electron chi connectivity index (χ3n) is 2.29. The highest BCUT2D eigenvalue weighted by atomic mass is 32.1. The van der Waals surface area contributed by atoms with Crippen molar-refractivity contribution in [2.24, 2.45) is 5.10 Å². The van der Waals surface area contributed by atoms with Crippen LogP contribution < -0.4 is 11.2 Å². The van der Waals surface area contributed by atoms with Crippen LogP contribution in [-0.2, 0) is 0 Å². The van der Waals surface area contributed by atoms with Gasteiger partial charge in [0.2, 0.25) is 0 Å². The van der Waals surface area contributed by atoms with E-state index in [9.17, 15) is 4.79 Å². The largest absolute Gasteiger partial charge is 0.508 e. The lowest BCUT2D eigenvalue weighted by molar-refractivity contribution is 0.0958. The number of benzene rings is 1. The number of carbonyl (C=O) groups is 1. The Morgan fingerprint density at radius 3 is 2.74 bits per heavy atom. The zero-order valence-electron chi connectivity index (χ0n) is 10.1. The Bertz CT molecular complexity index is 619. The first kappa shape index (κ1) is 13.0. The molecule has 1 heterocycles. The van der Waals surface area contributed by atoms with Crippen molar-refractivity contribution in [1.29, 1.82) is 0 Å². The van der Waals surface area contributed by atoms with E-state index in [0.29, 0.717) is 15.7 Å². The Balaban J connectivity index is 2.00. The van der Waals surface area contributed by atoms with E-state index in [1.54, 1.807) is 19.1 Å². The fourth-order valence-electron chi connectivity index (χ4n) is 1.40. The van der Waals surface area contributed by atoms with Gasteiger partial charge < -0.3 is 10.8 Å². The summed E-state index contributed by atoms with van der Waals surface area (Å²) in [7, 11) is 0. The van der Waals surface area contributed by atoms with E-state index in [0.717, 1.165) is 16.9 Å². The molecule has 0 bridgehead atoms. The SMILES string of the molecule is Cc1nc(N)sc1C(=O)N/N=C/c1ccc(O)cc1. The number of amides is 1. The fraction of sp³-hybridized carbons (Fsp3) is 0.0833. The highest BCUT2D eigenvalue weighted by Crippen LogP contribution is 2.19. The molecule has 0 spiro atoms. The second-order valence-corrected chi connectivity index (χ2v) is 4.79. The maximum Gasteiger partial charge on any atom is 0.283 e. The minimum absolute atomic E-state index is 0.178. The highest BCUT2D eigenvalue weighted by molar-refractivity contribution is 7.17. The van der Waals surface area contributed by atoms with Crippen molar-refractivity contribution >= 4 is 28.6 Å². The summed E-state index contributed by atoms with van der Waals surface area (Å²) in [6, 6.07) is 6.44. The lowest BCUT2D eigenvalue weighted by Crippen LogP contribution is -2.17. The predicted molar refractivity (Wildman–Crippen MR) is 74.4 cm³/mol. The lowest BCUT2D eigenvalue weighted by atomic mass is 10.2. The number of hydrogen-bond acceptors (Lipinski definition) is 6. The van der Waals surface area contributed by atoms with Crippen LogP contribution in [-0.4, -0.2) is 22.2 Å². The van der Waals surface area contributed by atoms with Crippen LogP contribution in [0.2, 0.25) is 0 Å². The van der Waals surface area contributed by atoms with Crippen LogP contribution in [0.4, 0.5) is 5.13 Å². The summed E-state index contributed by atoms with van der Waals surface area (Å²) in [4.78, 5) is 16.2. The van der Waals surface area contributed by atoms with Crippen LogP contribution in [0.25, 0.3) is 0 Å². The number of hydrogen-bond donors (Lipinski definition) is 3. The molecule has 0 aliphatic heterocycles. The molecule has 19 heavy (non-hydrogen) atoms. The zero-order valence-corrected chi connectivity index (χ0v) is 10.9. The molecular weight excluding hydrogens is 264 g/mol. The Morgan fingerprint density at radius 2 is 2.16 bits per heavy atom. The minimum Gasteiger partial charge on any atom is -0.508 e. The number of nitrogens with two attached hydrogens (primary N) is 1. The van der Waals surface area contributed by atoms with Gasteiger partial charge in [-0.05, 0) is 36.8 Å². The Labute approximate surface area is 113 Å². The highest BCUT2D eigenvalue weighted by Gasteiger charge is 2.12. The van der Waals surface area contributed by atoms with Gasteiger partial charge in [0, 0.05) is 0 Å². The minimum atomic E-state index is -0.346. The molecule has 2 aromatic rings. The number of rotatable bonds is 3. The number of hydrazone groups is 1. The molecule has 0 aliphatic carbocycles. The second-order valence-electron chi connectivity index (χ2n) is 3.76. The molecule has 0 radical (unpaired) electrons. The van der Waals surface area contributed by atoms with Crippen molar-refractivity contribution in [3.05, 3.63) is 40.4 Å². The van der Waals surface area contributed by atoms with Gasteiger partial charge in [-0.2, -0.15) is 5.10 Å². The van der Waals surface area contributed by atoms with Gasteiger partial charge in [-0.3, -0.25) is 4.79 Å². The first-order chi connectivity index (χ1) is 9.06. The summed E-state index contributed by atoms with van der Waals surface area (Å²) in [5.74, 6) is -0.168. The normalized spacial score (nSPS) is 10.8. The van der Waals surface area contributed by atoms with Gasteiger partial charge in [-0.15, -0.1) is 0 Å². The van der Waals surface area contributed by atoms with E-state index in [-0.39, 0.29) is 11.7 Å². The number of phenols is 1. The molecule has 1 amide bonds. The van der Waals surface area contributed by atoms with Gasteiger partial charge in [0.1, 0.15) is 10.6 Å². The summed E-state index contributed by atoms with van der Waals surface area (Å²) in [6.45, 7) is 1.71. The molecule has 4 N–H and O–H groups in total. The van der Waals surface area contributed by atoms with Crippen LogP contribution in [0.5, 0.6) is 5.75 Å². The number of carbonyl (C=O) groups excluding carboxylic acids is 1. The van der Waals surface area contributed by atoms with Crippen LogP contribution >= 0.6 is 11.3 Å². The van der Waals surface area contributed by atoms with Crippen molar-refractivity contribution in [2.75, 3.05) is 5.73 Å². The predicted octanol–water partition coefficient (Wildman–Crippen LogP) is 1.50. The van der Waals surface area contributed by atoms with Crippen molar-refractivity contribution in [2.45, 2.75) is 6.92 Å². The number of aromatic hydroxyl groups is 1. The van der Waals surface area contributed by atoms with Gasteiger partial charge in [-0.1, -0.05) is 11.3 Å². The number of thiazole rings is 1. The van der Waals surface area contributed by atoms with E-state index in [1.165, 1.54) is 18.3 Å². The van der Waals surface area contributed by atoms with E-state index in [1.807, 2.05) is 0 Å². The molecule has 98 valence electrons. The van der Waals surface area contributed by atoms with Crippen molar-refractivity contribution in [1.82, 2.24) is 10.4 Å². The third kappa shape index (κ3) is 3.29. The molecule has 1 aromatic carbocycles. The van der Waals surface area contributed by atoms with Gasteiger partial charge in [0.15, 0.2) is 5.13 Å². The molecule has 1 aromatic heterocycles. The summed E-state index contributed by atoms with van der Waals surface area (Å²) in [6.07, 6.45) is 1.48. The number of anilines is 1. The van der Waals surface area contributed by atoms with Crippen LogP contribution in [0.15, 0.2) is 29.4 Å². The first-order valence-corrected chi connectivity index (χ1v) is 6.23. The first-order valence-electron chi connectivity index (χ1n) is 5.41. The van der Waals surface area contributed by atoms with Crippen LogP contribution in [0.3, 0.4) is 0 Å². The molecule has 0 unspecified atom stereocenters. The van der Waals surface area contributed by atoms with Crippen LogP contribution in [0, 0.1) is 6.92 Å². The Hall–Kier alpha value is -2.41. The van der Waals surface area contributed by atoms with Gasteiger partial charge in [0.25, 0.3) is 5.91 Å². The van der Waals surface area contributed by atoms with Crippen LogP contribution in [0.1, 0.15) is 20.9 Å². The van der Waals surface area contributed by atoms with Crippen molar-refractivity contribution in [3.8, 4) is 5.75 Å². The molecular formula is C12H12N4O2S. The van der Waals surface area contributed by atoms with Gasteiger partial charge in [-0.25, -0.2) is 10.4 Å². The van der Waals surface area contributed by atoms with Gasteiger partial charge >= 0.3 is 0 Å². The molecule has 0 saturated heterocycles. The molecule has 0 saturated carbocycles. The summed E-state index contributed by atoms with van der Waals surface area (Å²) < 4.78 is 0. The fourth-order valence-corrected chi connectivity index (χ4v) is 2.13. The van der Waals surface area contributed by atoms with E-state index < -0.39 is 0 Å². The molecule has 0 atom stereocenters. The summed E-state index contributed by atoms with van der Waals surface area (Å²) >= 11 is 1.12. The van der Waals surface area contributed by atoms with E-state index >= 15 is 0 Å². The monoisotopic (exact) mass is 276 g/mol. The average molecular weight is 276 g/mol. The van der Waals surface area contributed by atoms with E-state index in [4.69, 9.17) is 10.8 Å². The standard InChI is InChI=1S/C12H12N4O2S/c1-7-10(19-12(13)15-7)11(18)16-14-6-8-2-4-9(17)5-3-8/h2-6,17H,1H3,(H2,13,15)(H,16,18)/b14-6+. The maximum atomic E-state index is 11.8.